The van der Waals surface area contributed by atoms with Crippen LogP contribution in [0.15, 0.2) is 34.8 Å². The predicted molar refractivity (Wildman–Crippen MR) is 80.5 cm³/mol. The first-order valence-corrected chi connectivity index (χ1v) is 6.63. The van der Waals surface area contributed by atoms with Gasteiger partial charge in [-0.1, -0.05) is 11.6 Å². The lowest BCUT2D eigenvalue weighted by Crippen LogP contribution is -2.13. The van der Waals surface area contributed by atoms with Gasteiger partial charge in [0.1, 0.15) is 5.82 Å². The van der Waals surface area contributed by atoms with Crippen LogP contribution in [0.25, 0.3) is 0 Å². The smallest absolute Gasteiger partial charge is 0.255 e. The van der Waals surface area contributed by atoms with Gasteiger partial charge >= 0.3 is 0 Å². The van der Waals surface area contributed by atoms with Crippen LogP contribution in [0.3, 0.4) is 0 Å². The Morgan fingerprint density at radius 3 is 2.74 bits per heavy atom. The summed E-state index contributed by atoms with van der Waals surface area (Å²) in [5.41, 5.74) is 7.42. The molecule has 0 spiro atoms. The quantitative estimate of drug-likeness (QED) is 0.877. The average molecular weight is 341 g/mol. The van der Waals surface area contributed by atoms with Gasteiger partial charge in [-0.2, -0.15) is 0 Å². The third-order valence-corrected chi connectivity index (χ3v) is 3.31. The van der Waals surface area contributed by atoms with Crippen molar-refractivity contribution in [3.8, 4) is 0 Å². The summed E-state index contributed by atoms with van der Waals surface area (Å²) in [5, 5.41) is 3.37. The van der Waals surface area contributed by atoms with Crippen LogP contribution in [0.4, 0.5) is 11.5 Å². The maximum atomic E-state index is 12.1. The van der Waals surface area contributed by atoms with Gasteiger partial charge in [-0.25, -0.2) is 4.98 Å². The van der Waals surface area contributed by atoms with Gasteiger partial charge in [0.05, 0.1) is 5.69 Å². The van der Waals surface area contributed by atoms with E-state index in [1.54, 1.807) is 31.2 Å². The van der Waals surface area contributed by atoms with Gasteiger partial charge in [-0.15, -0.1) is 0 Å². The van der Waals surface area contributed by atoms with Crippen LogP contribution in [0, 0.1) is 6.92 Å². The number of carbonyl (C=O) groups excluding carboxylic acids is 1. The number of nitrogen functional groups attached to an aromatic ring is 1. The van der Waals surface area contributed by atoms with Crippen LogP contribution < -0.4 is 11.1 Å². The van der Waals surface area contributed by atoms with E-state index >= 15 is 0 Å². The monoisotopic (exact) mass is 339 g/mol. The standard InChI is InChI=1S/C13H11BrClN3O/c1-7-4-8(5-12(16)17-7)13(19)18-11-3-2-9(15)6-10(11)14/h2-6H,1H3,(H2,16,17)(H,18,19). The number of nitrogens with zero attached hydrogens (tertiary/aromatic N) is 1. The maximum Gasteiger partial charge on any atom is 0.255 e. The first-order chi connectivity index (χ1) is 8.95. The zero-order valence-electron chi connectivity index (χ0n) is 10.1. The van der Waals surface area contributed by atoms with Crippen molar-refractivity contribution >= 4 is 44.9 Å². The van der Waals surface area contributed by atoms with Crippen LogP contribution >= 0.6 is 27.5 Å². The second-order valence-corrected chi connectivity index (χ2v) is 5.29. The summed E-state index contributed by atoms with van der Waals surface area (Å²) in [4.78, 5) is 16.1. The molecule has 0 aliphatic rings. The van der Waals surface area contributed by atoms with Crippen LogP contribution in [0.1, 0.15) is 16.1 Å². The van der Waals surface area contributed by atoms with E-state index in [1.807, 2.05) is 0 Å². The second kappa shape index (κ2) is 5.59. The van der Waals surface area contributed by atoms with Crippen molar-refractivity contribution in [2.24, 2.45) is 0 Å². The van der Waals surface area contributed by atoms with E-state index in [-0.39, 0.29) is 5.91 Å². The minimum atomic E-state index is -0.250. The summed E-state index contributed by atoms with van der Waals surface area (Å²) in [6.45, 7) is 1.78. The van der Waals surface area contributed by atoms with Crippen molar-refractivity contribution in [3.63, 3.8) is 0 Å². The molecule has 4 nitrogen and oxygen atoms in total. The highest BCUT2D eigenvalue weighted by atomic mass is 79.9. The Hall–Kier alpha value is -1.59. The minimum Gasteiger partial charge on any atom is -0.384 e. The molecule has 0 bridgehead atoms. The SMILES string of the molecule is Cc1cc(C(=O)Nc2ccc(Cl)cc2Br)cc(N)n1. The number of pyridine rings is 1. The zero-order chi connectivity index (χ0) is 14.0. The Balaban J connectivity index is 2.25. The molecule has 0 aliphatic heterocycles. The number of amides is 1. The Labute approximate surface area is 124 Å². The average Bonchev–Trinajstić information content (AvgIpc) is 2.31. The van der Waals surface area contributed by atoms with E-state index < -0.39 is 0 Å². The van der Waals surface area contributed by atoms with Crippen molar-refractivity contribution in [2.75, 3.05) is 11.1 Å². The van der Waals surface area contributed by atoms with Gasteiger partial charge < -0.3 is 11.1 Å². The van der Waals surface area contributed by atoms with E-state index in [0.29, 0.717) is 32.3 Å². The Morgan fingerprint density at radius 2 is 2.11 bits per heavy atom. The molecule has 6 heteroatoms. The Morgan fingerprint density at radius 1 is 1.37 bits per heavy atom. The molecule has 0 saturated heterocycles. The number of carbonyl (C=O) groups is 1. The Bertz CT molecular complexity index is 626. The Kier molecular flexibility index (Phi) is 4.07. The van der Waals surface area contributed by atoms with Crippen LogP contribution in [-0.2, 0) is 0 Å². The van der Waals surface area contributed by atoms with E-state index in [0.717, 1.165) is 0 Å². The first kappa shape index (κ1) is 13.8. The van der Waals surface area contributed by atoms with Crippen molar-refractivity contribution in [3.05, 3.63) is 51.1 Å². The highest BCUT2D eigenvalue weighted by Crippen LogP contribution is 2.26. The summed E-state index contributed by atoms with van der Waals surface area (Å²) < 4.78 is 0.715. The number of benzene rings is 1. The number of aryl methyl sites for hydroxylation is 1. The molecular formula is C13H11BrClN3O. The summed E-state index contributed by atoms with van der Waals surface area (Å²) >= 11 is 9.19. The molecule has 3 N–H and O–H groups in total. The van der Waals surface area contributed by atoms with Gasteiger partial charge in [0.15, 0.2) is 0 Å². The number of rotatable bonds is 2. The third kappa shape index (κ3) is 3.45. The molecule has 1 heterocycles. The molecule has 2 aromatic rings. The fourth-order valence-electron chi connectivity index (χ4n) is 1.61. The van der Waals surface area contributed by atoms with Gasteiger partial charge in [0, 0.05) is 20.8 Å². The van der Waals surface area contributed by atoms with E-state index in [4.69, 9.17) is 17.3 Å². The van der Waals surface area contributed by atoms with Crippen molar-refractivity contribution in [1.82, 2.24) is 4.98 Å². The van der Waals surface area contributed by atoms with Crippen molar-refractivity contribution in [1.29, 1.82) is 0 Å². The molecule has 0 atom stereocenters. The van der Waals surface area contributed by atoms with Crippen LogP contribution in [0.5, 0.6) is 0 Å². The number of hydrogen-bond donors (Lipinski definition) is 2. The fraction of sp³-hybridized carbons (Fsp3) is 0.0769. The molecule has 0 unspecified atom stereocenters. The zero-order valence-corrected chi connectivity index (χ0v) is 12.4. The predicted octanol–water partition coefficient (Wildman–Crippen LogP) is 3.64. The molecular weight excluding hydrogens is 330 g/mol. The largest absolute Gasteiger partial charge is 0.384 e. The number of anilines is 2. The highest BCUT2D eigenvalue weighted by Gasteiger charge is 2.10. The molecule has 1 aromatic carbocycles. The molecule has 98 valence electrons. The molecule has 19 heavy (non-hydrogen) atoms. The van der Waals surface area contributed by atoms with E-state index in [1.165, 1.54) is 6.07 Å². The van der Waals surface area contributed by atoms with Crippen LogP contribution in [-0.4, -0.2) is 10.9 Å². The molecule has 0 saturated carbocycles. The van der Waals surface area contributed by atoms with Gasteiger partial charge in [-0.3, -0.25) is 4.79 Å². The van der Waals surface area contributed by atoms with E-state index in [9.17, 15) is 4.79 Å². The molecule has 2 rings (SSSR count). The number of nitrogens with two attached hydrogens (primary N) is 1. The number of nitrogens with one attached hydrogen (secondary N) is 1. The molecule has 1 aromatic heterocycles. The second-order valence-electron chi connectivity index (χ2n) is 4.00. The molecule has 0 aliphatic carbocycles. The van der Waals surface area contributed by atoms with Gasteiger partial charge in [0.25, 0.3) is 5.91 Å². The maximum absolute atomic E-state index is 12.1. The number of halogens is 2. The first-order valence-electron chi connectivity index (χ1n) is 5.46. The van der Waals surface area contributed by atoms with Crippen LogP contribution in [0.2, 0.25) is 5.02 Å². The summed E-state index contributed by atoms with van der Waals surface area (Å²) in [6.07, 6.45) is 0. The highest BCUT2D eigenvalue weighted by molar-refractivity contribution is 9.10. The molecule has 0 fully saturated rings. The minimum absolute atomic E-state index is 0.250. The lowest BCUT2D eigenvalue weighted by molar-refractivity contribution is 0.102. The van der Waals surface area contributed by atoms with Gasteiger partial charge in [-0.05, 0) is 53.2 Å². The summed E-state index contributed by atoms with van der Waals surface area (Å²) in [7, 11) is 0. The van der Waals surface area contributed by atoms with Crippen molar-refractivity contribution < 1.29 is 4.79 Å². The summed E-state index contributed by atoms with van der Waals surface area (Å²) in [5.74, 6) is 0.0699. The molecule has 0 radical (unpaired) electrons. The lowest BCUT2D eigenvalue weighted by Gasteiger charge is -2.08. The fourth-order valence-corrected chi connectivity index (χ4v) is 2.39. The van der Waals surface area contributed by atoms with Crippen molar-refractivity contribution in [2.45, 2.75) is 6.92 Å². The van der Waals surface area contributed by atoms with E-state index in [2.05, 4.69) is 26.2 Å². The lowest BCUT2D eigenvalue weighted by atomic mass is 10.2. The number of hydrogen-bond acceptors (Lipinski definition) is 3. The number of aromatic nitrogens is 1. The molecule has 1 amide bonds. The summed E-state index contributed by atoms with van der Waals surface area (Å²) in [6, 6.07) is 8.35. The topological polar surface area (TPSA) is 68.0 Å². The normalized spacial score (nSPS) is 10.3. The third-order valence-electron chi connectivity index (χ3n) is 2.41. The van der Waals surface area contributed by atoms with Gasteiger partial charge in [0.2, 0.25) is 0 Å².